The van der Waals surface area contributed by atoms with Crippen molar-refractivity contribution in [2.45, 2.75) is 24.6 Å². The Morgan fingerprint density at radius 3 is 2.87 bits per heavy atom. The van der Waals surface area contributed by atoms with Crippen LogP contribution in [0.2, 0.25) is 0 Å². The maximum atomic E-state index is 10.3. The molecule has 15 heavy (non-hydrogen) atoms. The van der Waals surface area contributed by atoms with Gasteiger partial charge in [-0.15, -0.1) is 5.10 Å². The van der Waals surface area contributed by atoms with Crippen molar-refractivity contribution in [3.63, 3.8) is 0 Å². The molecular formula is C8H13N3O3S. The lowest BCUT2D eigenvalue weighted by Crippen LogP contribution is -2.21. The van der Waals surface area contributed by atoms with Crippen LogP contribution in [-0.2, 0) is 15.1 Å². The van der Waals surface area contributed by atoms with Gasteiger partial charge in [-0.1, -0.05) is 11.8 Å². The molecule has 0 aliphatic carbocycles. The van der Waals surface area contributed by atoms with Crippen LogP contribution in [0.3, 0.4) is 0 Å². The predicted octanol–water partition coefficient (Wildman–Crippen LogP) is 0.863. The SMILES string of the molecule is COC(C)(C)c1nc(SCC(=O)O)n[nH]1. The van der Waals surface area contributed by atoms with Crippen LogP contribution in [0.25, 0.3) is 0 Å². The monoisotopic (exact) mass is 231 g/mol. The van der Waals surface area contributed by atoms with E-state index in [4.69, 9.17) is 9.84 Å². The fourth-order valence-electron chi connectivity index (χ4n) is 0.803. The molecule has 0 saturated heterocycles. The summed E-state index contributed by atoms with van der Waals surface area (Å²) in [5.74, 6) is -0.361. The average molecular weight is 231 g/mol. The van der Waals surface area contributed by atoms with E-state index in [0.717, 1.165) is 11.8 Å². The highest BCUT2D eigenvalue weighted by Gasteiger charge is 2.24. The number of thioether (sulfide) groups is 1. The van der Waals surface area contributed by atoms with Crippen molar-refractivity contribution >= 4 is 17.7 Å². The van der Waals surface area contributed by atoms with Gasteiger partial charge in [-0.05, 0) is 13.8 Å². The normalized spacial score (nSPS) is 11.7. The topological polar surface area (TPSA) is 88.1 Å². The summed E-state index contributed by atoms with van der Waals surface area (Å²) in [6.45, 7) is 3.69. The molecule has 0 aliphatic rings. The first kappa shape index (κ1) is 12.0. The molecule has 0 radical (unpaired) electrons. The fourth-order valence-corrected chi connectivity index (χ4v) is 1.32. The van der Waals surface area contributed by atoms with Crippen molar-refractivity contribution < 1.29 is 14.6 Å². The summed E-state index contributed by atoms with van der Waals surface area (Å²) in [4.78, 5) is 14.5. The largest absolute Gasteiger partial charge is 0.481 e. The van der Waals surface area contributed by atoms with Crippen LogP contribution in [0, 0.1) is 0 Å². The average Bonchev–Trinajstić information content (AvgIpc) is 2.63. The zero-order valence-electron chi connectivity index (χ0n) is 8.77. The minimum absolute atomic E-state index is 0.0509. The van der Waals surface area contributed by atoms with Crippen LogP contribution in [0.15, 0.2) is 5.16 Å². The third-order valence-electron chi connectivity index (χ3n) is 1.87. The summed E-state index contributed by atoms with van der Waals surface area (Å²) >= 11 is 1.07. The number of carboxylic acid groups (broad SMARTS) is 1. The van der Waals surface area contributed by atoms with Gasteiger partial charge in [0.25, 0.3) is 0 Å². The van der Waals surface area contributed by atoms with Gasteiger partial charge in [-0.25, -0.2) is 4.98 Å². The predicted molar refractivity (Wildman–Crippen MR) is 54.8 cm³/mol. The number of hydrogen-bond acceptors (Lipinski definition) is 5. The van der Waals surface area contributed by atoms with Crippen LogP contribution < -0.4 is 0 Å². The Hall–Kier alpha value is -1.08. The van der Waals surface area contributed by atoms with Crippen LogP contribution >= 0.6 is 11.8 Å². The molecule has 0 atom stereocenters. The molecule has 7 heteroatoms. The first-order valence-electron chi connectivity index (χ1n) is 4.28. The maximum absolute atomic E-state index is 10.3. The molecule has 0 fully saturated rings. The van der Waals surface area contributed by atoms with Crippen molar-refractivity contribution in [1.82, 2.24) is 15.2 Å². The van der Waals surface area contributed by atoms with Gasteiger partial charge in [0.05, 0.1) is 5.75 Å². The Morgan fingerprint density at radius 1 is 1.67 bits per heavy atom. The highest BCUT2D eigenvalue weighted by molar-refractivity contribution is 7.99. The summed E-state index contributed by atoms with van der Waals surface area (Å²) in [7, 11) is 1.58. The number of aliphatic carboxylic acids is 1. The van der Waals surface area contributed by atoms with E-state index in [0.29, 0.717) is 11.0 Å². The highest BCUT2D eigenvalue weighted by Crippen LogP contribution is 2.22. The van der Waals surface area contributed by atoms with E-state index in [9.17, 15) is 4.79 Å². The first-order valence-corrected chi connectivity index (χ1v) is 5.27. The van der Waals surface area contributed by atoms with Gasteiger partial charge in [-0.2, -0.15) is 0 Å². The van der Waals surface area contributed by atoms with Crippen molar-refractivity contribution in [3.8, 4) is 0 Å². The van der Waals surface area contributed by atoms with Crippen LogP contribution in [0.4, 0.5) is 0 Å². The van der Waals surface area contributed by atoms with E-state index in [2.05, 4.69) is 15.2 Å². The molecule has 0 amide bonds. The molecule has 0 unspecified atom stereocenters. The number of methoxy groups -OCH3 is 1. The molecule has 0 bridgehead atoms. The summed E-state index contributed by atoms with van der Waals surface area (Å²) in [5.41, 5.74) is -0.547. The van der Waals surface area contributed by atoms with E-state index >= 15 is 0 Å². The molecular weight excluding hydrogens is 218 g/mol. The zero-order valence-corrected chi connectivity index (χ0v) is 9.59. The minimum Gasteiger partial charge on any atom is -0.481 e. The lowest BCUT2D eigenvalue weighted by molar-refractivity contribution is -0.133. The van der Waals surface area contributed by atoms with Gasteiger partial charge in [0.2, 0.25) is 5.16 Å². The summed E-state index contributed by atoms with van der Waals surface area (Å²) < 4.78 is 5.20. The maximum Gasteiger partial charge on any atom is 0.313 e. The number of H-pyrrole nitrogens is 1. The first-order chi connectivity index (χ1) is 6.95. The Balaban J connectivity index is 2.68. The molecule has 1 heterocycles. The number of ether oxygens (including phenoxy) is 1. The fraction of sp³-hybridized carbons (Fsp3) is 0.625. The van der Waals surface area contributed by atoms with Crippen molar-refractivity contribution in [2.75, 3.05) is 12.9 Å². The number of carboxylic acids is 1. The molecule has 0 aliphatic heterocycles. The summed E-state index contributed by atoms with van der Waals surface area (Å²) in [6.07, 6.45) is 0. The Labute approximate surface area is 91.4 Å². The van der Waals surface area contributed by atoms with E-state index < -0.39 is 11.6 Å². The lowest BCUT2D eigenvalue weighted by Gasteiger charge is -2.18. The van der Waals surface area contributed by atoms with E-state index in [1.54, 1.807) is 7.11 Å². The number of nitrogens with one attached hydrogen (secondary N) is 1. The number of nitrogens with zero attached hydrogens (tertiary/aromatic N) is 2. The van der Waals surface area contributed by atoms with Crippen molar-refractivity contribution in [3.05, 3.63) is 5.82 Å². The number of rotatable bonds is 5. The number of aromatic amines is 1. The number of hydrogen-bond donors (Lipinski definition) is 2. The molecule has 2 N–H and O–H groups in total. The second-order valence-electron chi connectivity index (χ2n) is 3.36. The molecule has 1 aromatic heterocycles. The number of carbonyl (C=O) groups is 1. The third-order valence-corrected chi connectivity index (χ3v) is 2.70. The summed E-state index contributed by atoms with van der Waals surface area (Å²) in [6, 6.07) is 0. The summed E-state index contributed by atoms with van der Waals surface area (Å²) in [5, 5.41) is 15.5. The van der Waals surface area contributed by atoms with Crippen LogP contribution in [0.1, 0.15) is 19.7 Å². The second kappa shape index (κ2) is 4.63. The Morgan fingerprint density at radius 2 is 2.33 bits per heavy atom. The molecule has 1 rings (SSSR count). The van der Waals surface area contributed by atoms with Gasteiger partial charge in [0.15, 0.2) is 5.82 Å². The minimum atomic E-state index is -0.891. The molecule has 6 nitrogen and oxygen atoms in total. The highest BCUT2D eigenvalue weighted by atomic mass is 32.2. The van der Waals surface area contributed by atoms with Crippen LogP contribution in [0.5, 0.6) is 0 Å². The number of aromatic nitrogens is 3. The molecule has 84 valence electrons. The second-order valence-corrected chi connectivity index (χ2v) is 4.31. The van der Waals surface area contributed by atoms with E-state index in [-0.39, 0.29) is 5.75 Å². The molecule has 1 aromatic rings. The van der Waals surface area contributed by atoms with E-state index in [1.165, 1.54) is 0 Å². The van der Waals surface area contributed by atoms with Crippen LogP contribution in [-0.4, -0.2) is 39.1 Å². The van der Waals surface area contributed by atoms with E-state index in [1.807, 2.05) is 13.8 Å². The van der Waals surface area contributed by atoms with Gasteiger partial charge >= 0.3 is 5.97 Å². The lowest BCUT2D eigenvalue weighted by atomic mass is 10.1. The molecule has 0 spiro atoms. The zero-order chi connectivity index (χ0) is 11.5. The smallest absolute Gasteiger partial charge is 0.313 e. The Bertz CT molecular complexity index is 351. The van der Waals surface area contributed by atoms with Gasteiger partial charge in [-0.3, -0.25) is 9.89 Å². The van der Waals surface area contributed by atoms with Crippen molar-refractivity contribution in [1.29, 1.82) is 0 Å². The molecule has 0 saturated carbocycles. The van der Waals surface area contributed by atoms with Gasteiger partial charge < -0.3 is 9.84 Å². The van der Waals surface area contributed by atoms with Gasteiger partial charge in [0, 0.05) is 7.11 Å². The van der Waals surface area contributed by atoms with Crippen molar-refractivity contribution in [2.24, 2.45) is 0 Å². The third kappa shape index (κ3) is 3.21. The standard InChI is InChI=1S/C8H13N3O3S/c1-8(2,14-3)6-9-7(11-10-6)15-4-5(12)13/h4H2,1-3H3,(H,12,13)(H,9,10,11). The Kier molecular flexibility index (Phi) is 3.70. The van der Waals surface area contributed by atoms with Gasteiger partial charge in [0.1, 0.15) is 5.60 Å². The molecule has 0 aromatic carbocycles. The quantitative estimate of drug-likeness (QED) is 0.731.